The van der Waals surface area contributed by atoms with Crippen LogP contribution in [0.15, 0.2) is 23.8 Å². The van der Waals surface area contributed by atoms with Crippen molar-refractivity contribution in [1.82, 2.24) is 0 Å². The monoisotopic (exact) mass is 236 g/mol. The fraction of sp³-hybridized carbons (Fsp3) is 0.733. The minimum absolute atomic E-state index is 0.293. The van der Waals surface area contributed by atoms with Gasteiger partial charge in [0.05, 0.1) is 11.7 Å². The zero-order valence-corrected chi connectivity index (χ0v) is 11.2. The maximum atomic E-state index is 10.6. The highest BCUT2D eigenvalue weighted by atomic mass is 16.3. The van der Waals surface area contributed by atoms with Gasteiger partial charge in [0.15, 0.2) is 0 Å². The summed E-state index contributed by atoms with van der Waals surface area (Å²) in [6.45, 7) is 10.2. The van der Waals surface area contributed by atoms with Crippen LogP contribution in [0.1, 0.15) is 46.5 Å². The molecule has 2 nitrogen and oxygen atoms in total. The van der Waals surface area contributed by atoms with E-state index in [1.807, 2.05) is 20.8 Å². The summed E-state index contributed by atoms with van der Waals surface area (Å²) < 4.78 is 0. The van der Waals surface area contributed by atoms with E-state index in [9.17, 15) is 10.2 Å². The number of rotatable bonds is 3. The number of allylic oxidation sites excluding steroid dienone is 2. The second kappa shape index (κ2) is 3.96. The zero-order chi connectivity index (χ0) is 12.8. The van der Waals surface area contributed by atoms with E-state index in [0.29, 0.717) is 12.3 Å². The number of aliphatic hydroxyl groups excluding tert-OH is 1. The lowest BCUT2D eigenvalue weighted by atomic mass is 9.42. The van der Waals surface area contributed by atoms with E-state index in [0.717, 1.165) is 19.3 Å². The fourth-order valence-corrected chi connectivity index (χ4v) is 3.58. The summed E-state index contributed by atoms with van der Waals surface area (Å²) in [6.07, 6.45) is 4.66. The summed E-state index contributed by atoms with van der Waals surface area (Å²) in [7, 11) is 0. The Morgan fingerprint density at radius 2 is 2.24 bits per heavy atom. The van der Waals surface area contributed by atoms with Gasteiger partial charge in [0.1, 0.15) is 0 Å². The molecule has 0 amide bonds. The third-order valence-corrected chi connectivity index (χ3v) is 5.06. The molecule has 3 aliphatic rings. The first-order valence-corrected chi connectivity index (χ1v) is 6.53. The Morgan fingerprint density at radius 1 is 1.59 bits per heavy atom. The van der Waals surface area contributed by atoms with E-state index >= 15 is 0 Å². The lowest BCUT2D eigenvalue weighted by Crippen LogP contribution is -2.69. The first kappa shape index (κ1) is 12.8. The molecule has 4 atom stereocenters. The molecule has 2 bridgehead atoms. The number of hydrogen-bond donors (Lipinski definition) is 2. The summed E-state index contributed by atoms with van der Waals surface area (Å²) in [5.74, 6) is 0.293. The summed E-state index contributed by atoms with van der Waals surface area (Å²) in [4.78, 5) is 0. The van der Waals surface area contributed by atoms with Crippen molar-refractivity contribution in [3.8, 4) is 0 Å². The van der Waals surface area contributed by atoms with E-state index in [2.05, 4.69) is 12.7 Å². The van der Waals surface area contributed by atoms with Gasteiger partial charge in [-0.15, -0.1) is 0 Å². The summed E-state index contributed by atoms with van der Waals surface area (Å²) in [5, 5.41) is 21.0. The Balaban J connectivity index is 2.18. The number of aliphatic hydroxyl groups is 2. The molecule has 0 aromatic rings. The van der Waals surface area contributed by atoms with E-state index in [1.165, 1.54) is 11.1 Å². The highest BCUT2D eigenvalue weighted by Crippen LogP contribution is 2.65. The summed E-state index contributed by atoms with van der Waals surface area (Å²) in [5.41, 5.74) is 1.35. The molecule has 0 heterocycles. The maximum absolute atomic E-state index is 10.6. The molecule has 3 aliphatic carbocycles. The zero-order valence-electron chi connectivity index (χ0n) is 11.2. The molecule has 17 heavy (non-hydrogen) atoms. The van der Waals surface area contributed by atoms with E-state index < -0.39 is 17.1 Å². The van der Waals surface area contributed by atoms with Crippen LogP contribution >= 0.6 is 0 Å². The molecule has 3 rings (SSSR count). The average Bonchev–Trinajstić information content (AvgIpc) is 2.27. The van der Waals surface area contributed by atoms with Crippen molar-refractivity contribution < 1.29 is 10.2 Å². The van der Waals surface area contributed by atoms with Gasteiger partial charge < -0.3 is 10.2 Å². The molecule has 3 unspecified atom stereocenters. The highest BCUT2D eigenvalue weighted by molar-refractivity contribution is 5.28. The van der Waals surface area contributed by atoms with Gasteiger partial charge in [-0.1, -0.05) is 30.7 Å². The molecule has 2 N–H and O–H groups in total. The second-order valence-electron chi connectivity index (χ2n) is 6.26. The lowest BCUT2D eigenvalue weighted by Gasteiger charge is -2.66. The molecular weight excluding hydrogens is 212 g/mol. The van der Waals surface area contributed by atoms with E-state index in [1.54, 1.807) is 0 Å². The number of fused-ring (bicyclic) bond motifs is 2. The molecule has 3 saturated carbocycles. The third kappa shape index (κ3) is 1.69. The lowest BCUT2D eigenvalue weighted by molar-refractivity contribution is -0.252. The second-order valence-corrected chi connectivity index (χ2v) is 6.26. The summed E-state index contributed by atoms with van der Waals surface area (Å²) in [6, 6.07) is 0. The van der Waals surface area contributed by atoms with Gasteiger partial charge in [0.2, 0.25) is 0 Å². The minimum Gasteiger partial charge on any atom is -0.392 e. The molecule has 96 valence electrons. The standard InChI is InChI=1S/C15H24O2/c1-10(2)5-6-13(16)14(4)12-9-15(14,17)8-7-11(12)3/h5,12-13,16-17H,3,6-9H2,1-2,4H3/t12?,13-,14?,15?/m1/s1. The van der Waals surface area contributed by atoms with Crippen LogP contribution in [0.4, 0.5) is 0 Å². The van der Waals surface area contributed by atoms with Crippen molar-refractivity contribution in [2.45, 2.75) is 58.2 Å². The highest BCUT2D eigenvalue weighted by Gasteiger charge is 2.67. The van der Waals surface area contributed by atoms with Gasteiger partial charge in [-0.05, 0) is 45.4 Å². The van der Waals surface area contributed by atoms with Gasteiger partial charge in [0.25, 0.3) is 0 Å². The van der Waals surface area contributed by atoms with Crippen molar-refractivity contribution >= 4 is 0 Å². The molecule has 0 aromatic carbocycles. The van der Waals surface area contributed by atoms with Gasteiger partial charge in [-0.25, -0.2) is 0 Å². The van der Waals surface area contributed by atoms with E-state index in [-0.39, 0.29) is 0 Å². The van der Waals surface area contributed by atoms with Gasteiger partial charge in [-0.3, -0.25) is 0 Å². The van der Waals surface area contributed by atoms with Crippen molar-refractivity contribution in [3.05, 3.63) is 23.8 Å². The maximum Gasteiger partial charge on any atom is 0.0740 e. The van der Waals surface area contributed by atoms with Crippen LogP contribution in [-0.2, 0) is 0 Å². The van der Waals surface area contributed by atoms with Crippen molar-refractivity contribution in [2.24, 2.45) is 11.3 Å². The predicted molar refractivity (Wildman–Crippen MR) is 69.6 cm³/mol. The van der Waals surface area contributed by atoms with Gasteiger partial charge >= 0.3 is 0 Å². The molecule has 0 aliphatic heterocycles. The Morgan fingerprint density at radius 3 is 2.76 bits per heavy atom. The normalized spacial score (nSPS) is 41.7. The van der Waals surface area contributed by atoms with Crippen LogP contribution in [0.5, 0.6) is 0 Å². The van der Waals surface area contributed by atoms with Crippen LogP contribution in [0.25, 0.3) is 0 Å². The average molecular weight is 236 g/mol. The molecule has 0 saturated heterocycles. The largest absolute Gasteiger partial charge is 0.392 e. The van der Waals surface area contributed by atoms with Gasteiger partial charge in [-0.2, -0.15) is 0 Å². The Labute approximate surface area is 104 Å². The molecule has 0 spiro atoms. The van der Waals surface area contributed by atoms with Crippen molar-refractivity contribution in [1.29, 1.82) is 0 Å². The first-order chi connectivity index (χ1) is 7.81. The molecule has 2 heteroatoms. The van der Waals surface area contributed by atoms with Crippen LogP contribution in [0.3, 0.4) is 0 Å². The smallest absolute Gasteiger partial charge is 0.0740 e. The minimum atomic E-state index is -0.673. The molecule has 0 radical (unpaired) electrons. The Bertz CT molecular complexity index is 363. The van der Waals surface area contributed by atoms with Gasteiger partial charge in [0, 0.05) is 5.41 Å². The topological polar surface area (TPSA) is 40.5 Å². The Hall–Kier alpha value is -0.600. The fourth-order valence-electron chi connectivity index (χ4n) is 3.58. The Kier molecular flexibility index (Phi) is 2.99. The predicted octanol–water partition coefficient (Wildman–Crippen LogP) is 2.81. The van der Waals surface area contributed by atoms with Crippen LogP contribution in [0, 0.1) is 11.3 Å². The van der Waals surface area contributed by atoms with Crippen LogP contribution in [0.2, 0.25) is 0 Å². The van der Waals surface area contributed by atoms with Crippen molar-refractivity contribution in [3.63, 3.8) is 0 Å². The molecule has 0 aromatic heterocycles. The van der Waals surface area contributed by atoms with Crippen LogP contribution < -0.4 is 0 Å². The van der Waals surface area contributed by atoms with Crippen LogP contribution in [-0.4, -0.2) is 21.9 Å². The number of hydrogen-bond acceptors (Lipinski definition) is 2. The van der Waals surface area contributed by atoms with Crippen molar-refractivity contribution in [2.75, 3.05) is 0 Å². The molecule has 3 fully saturated rings. The van der Waals surface area contributed by atoms with E-state index in [4.69, 9.17) is 0 Å². The summed E-state index contributed by atoms with van der Waals surface area (Å²) >= 11 is 0. The third-order valence-electron chi connectivity index (χ3n) is 5.06. The SMILES string of the molecule is C=C1CCC2(O)CC1C2(C)[C@H](O)CC=C(C)C. The first-order valence-electron chi connectivity index (χ1n) is 6.53. The quantitative estimate of drug-likeness (QED) is 0.740. The molecular formula is C15H24O2.